The summed E-state index contributed by atoms with van der Waals surface area (Å²) in [5, 5.41) is 0. The average Bonchev–Trinajstić information content (AvgIpc) is 3.44. The van der Waals surface area contributed by atoms with Crippen LogP contribution in [0.2, 0.25) is 0 Å². The Morgan fingerprint density at radius 2 is 1.36 bits per heavy atom. The minimum absolute atomic E-state index is 0.0766. The minimum Gasteiger partial charge on any atom is -0.488 e. The van der Waals surface area contributed by atoms with E-state index in [1.54, 1.807) is 6.08 Å². The molecule has 0 aliphatic carbocycles. The molecule has 0 aromatic heterocycles. The second-order valence-corrected chi connectivity index (χ2v) is 6.38. The zero-order chi connectivity index (χ0) is 18.2. The molecule has 134 valence electrons. The summed E-state index contributed by atoms with van der Waals surface area (Å²) in [6.07, 6.45) is 2.33. The molecule has 0 bridgehead atoms. The summed E-state index contributed by atoms with van der Waals surface area (Å²) >= 11 is 0. The van der Waals surface area contributed by atoms with Crippen molar-refractivity contribution in [3.63, 3.8) is 0 Å². The third-order valence-electron chi connectivity index (χ3n) is 3.90. The van der Waals surface area contributed by atoms with Gasteiger partial charge >= 0.3 is 0 Å². The highest BCUT2D eigenvalue weighted by Gasteiger charge is 2.30. The topological polar surface area (TPSA) is 31.0 Å². The summed E-state index contributed by atoms with van der Waals surface area (Å²) in [6.45, 7) is 12.6. The van der Waals surface area contributed by atoms with Crippen molar-refractivity contribution < 1.29 is 14.2 Å². The van der Waals surface area contributed by atoms with E-state index in [0.29, 0.717) is 6.10 Å². The molecule has 3 unspecified atom stereocenters. The molecule has 1 heterocycles. The first-order valence-corrected chi connectivity index (χ1v) is 8.68. The van der Waals surface area contributed by atoms with Crippen LogP contribution in [0.1, 0.15) is 25.0 Å². The van der Waals surface area contributed by atoms with Crippen LogP contribution in [-0.4, -0.2) is 24.9 Å². The van der Waals surface area contributed by atoms with Gasteiger partial charge in [0.25, 0.3) is 0 Å². The van der Waals surface area contributed by atoms with Gasteiger partial charge in [-0.2, -0.15) is 0 Å². The van der Waals surface area contributed by atoms with Crippen LogP contribution in [0.15, 0.2) is 61.2 Å². The summed E-state index contributed by atoms with van der Waals surface area (Å²) in [6, 6.07) is 16.1. The molecule has 1 fully saturated rings. The second-order valence-electron chi connectivity index (χ2n) is 6.38. The van der Waals surface area contributed by atoms with Gasteiger partial charge in [-0.3, -0.25) is 0 Å². The number of epoxide rings is 1. The Morgan fingerprint density at radius 3 is 1.76 bits per heavy atom. The van der Waals surface area contributed by atoms with Gasteiger partial charge in [-0.1, -0.05) is 48.0 Å². The molecule has 2 aromatic rings. The average molecular weight is 340 g/mol. The van der Waals surface area contributed by atoms with E-state index in [0.717, 1.165) is 18.1 Å². The van der Waals surface area contributed by atoms with Crippen molar-refractivity contribution in [2.45, 2.75) is 46.0 Å². The largest absolute Gasteiger partial charge is 0.488 e. The zero-order valence-corrected chi connectivity index (χ0v) is 15.6. The molecule has 2 aromatic carbocycles. The van der Waals surface area contributed by atoms with E-state index in [-0.39, 0.29) is 12.2 Å². The van der Waals surface area contributed by atoms with Gasteiger partial charge in [-0.25, -0.2) is 0 Å². The maximum absolute atomic E-state index is 5.67. The molecule has 0 N–H and O–H groups in total. The summed E-state index contributed by atoms with van der Waals surface area (Å²) in [7, 11) is 0. The Labute approximate surface area is 151 Å². The Bertz CT molecular complexity index is 642. The lowest BCUT2D eigenvalue weighted by Crippen LogP contribution is -2.18. The third-order valence-corrected chi connectivity index (χ3v) is 3.90. The van der Waals surface area contributed by atoms with Gasteiger partial charge in [-0.15, -0.1) is 0 Å². The van der Waals surface area contributed by atoms with Gasteiger partial charge in [0, 0.05) is 0 Å². The van der Waals surface area contributed by atoms with Crippen LogP contribution in [0.25, 0.3) is 0 Å². The number of aryl methyl sites for hydroxylation is 2. The van der Waals surface area contributed by atoms with E-state index in [1.165, 1.54) is 11.1 Å². The van der Waals surface area contributed by atoms with Gasteiger partial charge in [0.15, 0.2) is 0 Å². The number of benzene rings is 2. The highest BCUT2D eigenvalue weighted by atomic mass is 16.6. The first-order valence-electron chi connectivity index (χ1n) is 8.68. The van der Waals surface area contributed by atoms with Crippen LogP contribution in [-0.2, 0) is 4.74 Å². The van der Waals surface area contributed by atoms with E-state index in [4.69, 9.17) is 14.2 Å². The zero-order valence-electron chi connectivity index (χ0n) is 15.6. The van der Waals surface area contributed by atoms with E-state index < -0.39 is 0 Å². The molecular formula is C22H28O3. The van der Waals surface area contributed by atoms with Crippen molar-refractivity contribution in [2.24, 2.45) is 0 Å². The Balaban J connectivity index is 0.000000181. The van der Waals surface area contributed by atoms with Crippen LogP contribution in [0.5, 0.6) is 11.5 Å². The van der Waals surface area contributed by atoms with Crippen LogP contribution < -0.4 is 9.47 Å². The van der Waals surface area contributed by atoms with Crippen LogP contribution in [0.4, 0.5) is 0 Å². The van der Waals surface area contributed by atoms with Crippen molar-refractivity contribution >= 4 is 0 Å². The lowest BCUT2D eigenvalue weighted by Gasteiger charge is -2.11. The molecule has 0 saturated carbocycles. The highest BCUT2D eigenvalue weighted by Crippen LogP contribution is 2.20. The van der Waals surface area contributed by atoms with Crippen LogP contribution in [0.3, 0.4) is 0 Å². The molecule has 1 aliphatic rings. The van der Waals surface area contributed by atoms with Gasteiger partial charge in [0.05, 0.1) is 6.61 Å². The fraction of sp³-hybridized carbons (Fsp3) is 0.364. The van der Waals surface area contributed by atoms with Crippen molar-refractivity contribution in [3.05, 3.63) is 72.3 Å². The molecule has 0 amide bonds. The number of ether oxygens (including phenoxy) is 3. The molecule has 3 rings (SSSR count). The molecule has 0 spiro atoms. The molecular weight excluding hydrogens is 312 g/mol. The van der Waals surface area contributed by atoms with E-state index >= 15 is 0 Å². The summed E-state index contributed by atoms with van der Waals surface area (Å²) in [4.78, 5) is 0. The maximum atomic E-state index is 5.67. The molecule has 3 nitrogen and oxygen atoms in total. The first-order chi connectivity index (χ1) is 12.0. The normalized spacial score (nSPS) is 17.5. The van der Waals surface area contributed by atoms with Crippen LogP contribution in [0, 0.1) is 13.8 Å². The molecule has 3 atom stereocenters. The predicted molar refractivity (Wildman–Crippen MR) is 102 cm³/mol. The molecule has 1 aliphatic heterocycles. The highest BCUT2D eigenvalue weighted by molar-refractivity contribution is 5.27. The minimum atomic E-state index is 0.0766. The number of hydrogen-bond acceptors (Lipinski definition) is 3. The second kappa shape index (κ2) is 9.28. The van der Waals surface area contributed by atoms with Gasteiger partial charge < -0.3 is 14.2 Å². The summed E-state index contributed by atoms with van der Waals surface area (Å²) in [5.74, 6) is 1.82. The Hall–Kier alpha value is -2.26. The van der Waals surface area contributed by atoms with Crippen molar-refractivity contribution in [2.75, 3.05) is 6.61 Å². The molecule has 3 heteroatoms. The molecule has 1 saturated heterocycles. The fourth-order valence-corrected chi connectivity index (χ4v) is 2.11. The SMILES string of the molecule is C=CC(C)Oc1ccc(C)cc1.Cc1ccc(OC(C)C2CO2)cc1. The quantitative estimate of drug-likeness (QED) is 0.541. The fourth-order valence-electron chi connectivity index (χ4n) is 2.11. The van der Waals surface area contributed by atoms with Crippen LogP contribution >= 0.6 is 0 Å². The smallest absolute Gasteiger partial charge is 0.124 e. The monoisotopic (exact) mass is 340 g/mol. The molecule has 0 radical (unpaired) electrons. The van der Waals surface area contributed by atoms with Crippen molar-refractivity contribution in [3.8, 4) is 11.5 Å². The first kappa shape index (κ1) is 19.1. The van der Waals surface area contributed by atoms with E-state index in [1.807, 2.05) is 50.2 Å². The Kier molecular flexibility index (Phi) is 7.08. The van der Waals surface area contributed by atoms with Gasteiger partial charge in [0.1, 0.15) is 29.8 Å². The van der Waals surface area contributed by atoms with Gasteiger partial charge in [-0.05, 0) is 52.0 Å². The van der Waals surface area contributed by atoms with Crippen molar-refractivity contribution in [1.82, 2.24) is 0 Å². The standard InChI is InChI=1S/C11H14O2.C11H14O/c1-8-3-5-10(6-4-8)13-9(2)11-7-12-11;1-4-10(3)12-11-7-5-9(2)6-8-11/h3-6,9,11H,7H2,1-2H3;4-8,10H,1H2,2-3H3. The number of hydrogen-bond donors (Lipinski definition) is 0. The number of rotatable bonds is 6. The van der Waals surface area contributed by atoms with E-state index in [2.05, 4.69) is 32.6 Å². The third kappa shape index (κ3) is 7.02. The van der Waals surface area contributed by atoms with E-state index in [9.17, 15) is 0 Å². The summed E-state index contributed by atoms with van der Waals surface area (Å²) < 4.78 is 16.3. The lowest BCUT2D eigenvalue weighted by molar-refractivity contribution is 0.176. The lowest BCUT2D eigenvalue weighted by atomic mass is 10.2. The maximum Gasteiger partial charge on any atom is 0.124 e. The predicted octanol–water partition coefficient (Wildman–Crippen LogP) is 5.11. The van der Waals surface area contributed by atoms with Gasteiger partial charge in [0.2, 0.25) is 0 Å². The molecule has 25 heavy (non-hydrogen) atoms. The summed E-state index contributed by atoms with van der Waals surface area (Å²) in [5.41, 5.74) is 2.50. The Morgan fingerprint density at radius 1 is 0.920 bits per heavy atom. The van der Waals surface area contributed by atoms with Crippen molar-refractivity contribution in [1.29, 1.82) is 0 Å².